The fraction of sp³-hybridized carbons (Fsp3) is 0.588. The summed E-state index contributed by atoms with van der Waals surface area (Å²) in [5, 5.41) is 4.39. The fourth-order valence-electron chi connectivity index (χ4n) is 2.72. The zero-order valence-corrected chi connectivity index (χ0v) is 17.1. The van der Waals surface area contributed by atoms with Crippen LogP contribution >= 0.6 is 22.6 Å². The minimum Gasteiger partial charge on any atom is -0.462 e. The van der Waals surface area contributed by atoms with Gasteiger partial charge < -0.3 is 20.4 Å². The topological polar surface area (TPSA) is 95.1 Å². The molecular formula is C17H26IN5O2. The van der Waals surface area contributed by atoms with Gasteiger partial charge in [-0.05, 0) is 75.2 Å². The molecule has 2 aromatic heterocycles. The number of piperidine rings is 1. The second-order valence-electron chi connectivity index (χ2n) is 7.11. The summed E-state index contributed by atoms with van der Waals surface area (Å²) >= 11 is 2.31. The monoisotopic (exact) mass is 459 g/mol. The van der Waals surface area contributed by atoms with Crippen LogP contribution in [0.1, 0.15) is 33.6 Å². The van der Waals surface area contributed by atoms with Crippen LogP contribution in [0.4, 0.5) is 5.82 Å². The molecule has 0 spiro atoms. The molecule has 138 valence electrons. The van der Waals surface area contributed by atoms with Crippen LogP contribution in [-0.2, 0) is 16.1 Å². The highest BCUT2D eigenvalue weighted by Gasteiger charge is 2.17. The van der Waals surface area contributed by atoms with E-state index in [0.29, 0.717) is 12.3 Å². The number of aromatic nitrogens is 3. The van der Waals surface area contributed by atoms with Crippen LogP contribution in [-0.4, -0.2) is 39.7 Å². The Bertz CT molecular complexity index is 705. The highest BCUT2D eigenvalue weighted by molar-refractivity contribution is 14.1. The molecule has 0 amide bonds. The summed E-state index contributed by atoms with van der Waals surface area (Å²) in [6, 6.07) is 0. The quantitative estimate of drug-likeness (QED) is 0.541. The van der Waals surface area contributed by atoms with Crippen molar-refractivity contribution in [2.24, 2.45) is 5.92 Å². The van der Waals surface area contributed by atoms with E-state index in [9.17, 15) is 4.79 Å². The van der Waals surface area contributed by atoms with Gasteiger partial charge in [-0.1, -0.05) is 0 Å². The molecule has 25 heavy (non-hydrogen) atoms. The van der Waals surface area contributed by atoms with Gasteiger partial charge in [-0.2, -0.15) is 0 Å². The van der Waals surface area contributed by atoms with Gasteiger partial charge in [-0.25, -0.2) is 9.97 Å². The van der Waals surface area contributed by atoms with E-state index in [-0.39, 0.29) is 5.60 Å². The number of carbonyl (C=O) groups excluding carboxylic acids is 1. The number of nitrogen functional groups attached to an aromatic ring is 1. The van der Waals surface area contributed by atoms with Crippen LogP contribution in [0.15, 0.2) is 12.5 Å². The Morgan fingerprint density at radius 3 is 2.64 bits per heavy atom. The van der Waals surface area contributed by atoms with Gasteiger partial charge in [0.2, 0.25) is 0 Å². The molecular weight excluding hydrogens is 433 g/mol. The largest absolute Gasteiger partial charge is 0.462 e. The van der Waals surface area contributed by atoms with Crippen LogP contribution in [0.3, 0.4) is 0 Å². The van der Waals surface area contributed by atoms with Gasteiger partial charge in [0, 0.05) is 16.3 Å². The van der Waals surface area contributed by atoms with Crippen LogP contribution in [0.5, 0.6) is 0 Å². The van der Waals surface area contributed by atoms with Gasteiger partial charge in [0.05, 0.1) is 5.39 Å². The van der Waals surface area contributed by atoms with Crippen molar-refractivity contribution >= 4 is 45.9 Å². The third-order valence-electron chi connectivity index (χ3n) is 3.95. The van der Waals surface area contributed by atoms with Gasteiger partial charge in [-0.15, -0.1) is 0 Å². The van der Waals surface area contributed by atoms with Crippen molar-refractivity contribution in [3.8, 4) is 0 Å². The number of fused-ring (bicyclic) bond motifs is 1. The highest BCUT2D eigenvalue weighted by atomic mass is 127. The Balaban J connectivity index is 0.000000277. The van der Waals surface area contributed by atoms with Crippen molar-refractivity contribution in [3.63, 3.8) is 0 Å². The number of ether oxygens (including phenoxy) is 1. The van der Waals surface area contributed by atoms with Gasteiger partial charge in [-0.3, -0.25) is 4.79 Å². The van der Waals surface area contributed by atoms with E-state index in [1.54, 1.807) is 6.33 Å². The minimum absolute atomic E-state index is 0.318. The molecule has 0 atom stereocenters. The van der Waals surface area contributed by atoms with E-state index >= 15 is 0 Å². The second-order valence-corrected chi connectivity index (χ2v) is 8.27. The molecule has 8 heteroatoms. The van der Waals surface area contributed by atoms with Gasteiger partial charge in [0.15, 0.2) is 0 Å². The van der Waals surface area contributed by atoms with Crippen LogP contribution in [0.25, 0.3) is 11.0 Å². The number of rotatable bonds is 3. The Morgan fingerprint density at radius 2 is 2.08 bits per heavy atom. The third kappa shape index (κ3) is 5.81. The van der Waals surface area contributed by atoms with Crippen LogP contribution in [0, 0.1) is 9.49 Å². The number of hydrogen-bond donors (Lipinski definition) is 2. The molecule has 0 bridgehead atoms. The zero-order chi connectivity index (χ0) is 18.4. The van der Waals surface area contributed by atoms with Crippen molar-refractivity contribution in [1.29, 1.82) is 0 Å². The lowest BCUT2D eigenvalue weighted by atomic mass is 9.98. The van der Waals surface area contributed by atoms with E-state index in [2.05, 4.69) is 53.4 Å². The smallest absolute Gasteiger partial charge is 0.293 e. The maximum atomic E-state index is 9.60. The molecule has 3 heterocycles. The molecule has 1 saturated heterocycles. The van der Waals surface area contributed by atoms with Crippen molar-refractivity contribution < 1.29 is 9.53 Å². The number of nitrogens with one attached hydrogen (secondary N) is 1. The van der Waals surface area contributed by atoms with E-state index in [1.807, 2.05) is 20.8 Å². The predicted molar refractivity (Wildman–Crippen MR) is 107 cm³/mol. The number of nitrogens with zero attached hydrogens (tertiary/aromatic N) is 3. The summed E-state index contributed by atoms with van der Waals surface area (Å²) in [5.74, 6) is 1.31. The minimum atomic E-state index is -0.318. The van der Waals surface area contributed by atoms with Gasteiger partial charge >= 0.3 is 0 Å². The molecule has 3 rings (SSSR count). The number of anilines is 1. The predicted octanol–water partition coefficient (Wildman–Crippen LogP) is 2.58. The second kappa shape index (κ2) is 8.79. The first-order valence-corrected chi connectivity index (χ1v) is 9.46. The molecule has 0 unspecified atom stereocenters. The van der Waals surface area contributed by atoms with Gasteiger partial charge in [0.25, 0.3) is 6.47 Å². The Kier molecular flexibility index (Phi) is 7.00. The Morgan fingerprint density at radius 1 is 1.40 bits per heavy atom. The highest BCUT2D eigenvalue weighted by Crippen LogP contribution is 2.26. The summed E-state index contributed by atoms with van der Waals surface area (Å²) in [5.41, 5.74) is 6.57. The van der Waals surface area contributed by atoms with Crippen molar-refractivity contribution in [3.05, 3.63) is 16.1 Å². The molecule has 2 aromatic rings. The SMILES string of the molecule is CC(C)(C)OC=O.Nc1ncnc2c1c(I)cn2CC1CCNCC1. The van der Waals surface area contributed by atoms with Crippen LogP contribution < -0.4 is 11.1 Å². The number of halogens is 1. The maximum Gasteiger partial charge on any atom is 0.293 e. The number of hydrogen-bond acceptors (Lipinski definition) is 6. The standard InChI is InChI=1S/C12H16IN5.C5H10O2/c13-9-6-18(5-8-1-3-15-4-2-8)12-10(9)11(14)16-7-17-12;1-5(2,3)7-4-6/h6-8,15H,1-5H2,(H2,14,16,17);4H,1-3H3. The number of carbonyl (C=O) groups is 1. The van der Waals surface area contributed by atoms with E-state index in [1.165, 1.54) is 12.8 Å². The van der Waals surface area contributed by atoms with Gasteiger partial charge in [0.1, 0.15) is 23.4 Å². The average Bonchev–Trinajstić information content (AvgIpc) is 2.85. The first-order chi connectivity index (χ1) is 11.8. The molecule has 0 aliphatic carbocycles. The molecule has 7 nitrogen and oxygen atoms in total. The van der Waals surface area contributed by atoms with Crippen molar-refractivity contribution in [2.45, 2.75) is 45.8 Å². The molecule has 0 aromatic carbocycles. The van der Waals surface area contributed by atoms with Crippen LogP contribution in [0.2, 0.25) is 0 Å². The fourth-order valence-corrected chi connectivity index (χ4v) is 3.58. The lowest BCUT2D eigenvalue weighted by molar-refractivity contribution is -0.138. The summed E-state index contributed by atoms with van der Waals surface area (Å²) in [6.45, 7) is 9.19. The Labute approximate surface area is 161 Å². The molecule has 0 radical (unpaired) electrons. The first kappa shape index (κ1) is 19.9. The summed E-state index contributed by atoms with van der Waals surface area (Å²) < 4.78 is 7.91. The Hall–Kier alpha value is -1.42. The van der Waals surface area contributed by atoms with E-state index in [4.69, 9.17) is 5.73 Å². The van der Waals surface area contributed by atoms with Crippen molar-refractivity contribution in [1.82, 2.24) is 19.9 Å². The zero-order valence-electron chi connectivity index (χ0n) is 15.0. The van der Waals surface area contributed by atoms with Crippen molar-refractivity contribution in [2.75, 3.05) is 18.8 Å². The number of nitrogens with two attached hydrogens (primary N) is 1. The normalized spacial score (nSPS) is 15.5. The molecule has 1 aliphatic heterocycles. The first-order valence-electron chi connectivity index (χ1n) is 8.39. The van der Waals surface area contributed by atoms with E-state index in [0.717, 1.165) is 40.2 Å². The molecule has 1 fully saturated rings. The summed E-state index contributed by atoms with van der Waals surface area (Å²) in [6.07, 6.45) is 6.15. The molecule has 1 aliphatic rings. The van der Waals surface area contributed by atoms with E-state index < -0.39 is 0 Å². The summed E-state index contributed by atoms with van der Waals surface area (Å²) in [7, 11) is 0. The lowest BCUT2D eigenvalue weighted by Crippen LogP contribution is -2.29. The lowest BCUT2D eigenvalue weighted by Gasteiger charge is -2.23. The maximum absolute atomic E-state index is 9.60. The third-order valence-corrected chi connectivity index (χ3v) is 4.77. The summed E-state index contributed by atoms with van der Waals surface area (Å²) in [4.78, 5) is 18.0. The molecule has 0 saturated carbocycles. The molecule has 3 N–H and O–H groups in total. The average molecular weight is 459 g/mol.